The van der Waals surface area contributed by atoms with Crippen LogP contribution in [0.4, 0.5) is 0 Å². The maximum absolute atomic E-state index is 11.3. The third kappa shape index (κ3) is 3.60. The van der Waals surface area contributed by atoms with Gasteiger partial charge in [0.2, 0.25) is 0 Å². The van der Waals surface area contributed by atoms with Gasteiger partial charge in [0, 0.05) is 19.2 Å². The van der Waals surface area contributed by atoms with E-state index in [9.17, 15) is 9.90 Å². The molecule has 0 unspecified atom stereocenters. The Morgan fingerprint density at radius 2 is 2.00 bits per heavy atom. The number of nitrogens with zero attached hydrogens (tertiary/aromatic N) is 1. The van der Waals surface area contributed by atoms with Crippen LogP contribution < -0.4 is 4.74 Å². The number of aliphatic hydroxyl groups is 1. The molecule has 1 aromatic carbocycles. The molecule has 0 amide bonds. The van der Waals surface area contributed by atoms with E-state index in [4.69, 9.17) is 9.47 Å². The number of carbonyl (C=O) groups is 1. The van der Waals surface area contributed by atoms with Crippen LogP contribution in [0.15, 0.2) is 36.5 Å². The summed E-state index contributed by atoms with van der Waals surface area (Å²) >= 11 is 0. The monoisotopic (exact) mass is 305 g/mol. The summed E-state index contributed by atoms with van der Waals surface area (Å²) < 4.78 is 10.5. The van der Waals surface area contributed by atoms with Crippen molar-refractivity contribution in [1.29, 1.82) is 0 Å². The van der Waals surface area contributed by atoms with Crippen LogP contribution in [0.3, 0.4) is 0 Å². The van der Waals surface area contributed by atoms with E-state index < -0.39 is 12.2 Å². The molecule has 1 aliphatic heterocycles. The van der Waals surface area contributed by atoms with Crippen molar-refractivity contribution in [2.45, 2.75) is 38.5 Å². The van der Waals surface area contributed by atoms with Gasteiger partial charge >= 0.3 is 5.97 Å². The number of methoxy groups -OCH3 is 1. The highest BCUT2D eigenvalue weighted by Gasteiger charge is 2.42. The number of hydrogen-bond acceptors (Lipinski definition) is 5. The zero-order valence-electron chi connectivity index (χ0n) is 13.3. The molecule has 0 radical (unpaired) electrons. The van der Waals surface area contributed by atoms with E-state index in [0.717, 1.165) is 17.0 Å². The van der Waals surface area contributed by atoms with Gasteiger partial charge in [-0.15, -0.1) is 0 Å². The number of carbonyl (C=O) groups excluding carboxylic acids is 1. The minimum Gasteiger partial charge on any atom is -0.497 e. The molecule has 5 nitrogen and oxygen atoms in total. The van der Waals surface area contributed by atoms with E-state index in [1.165, 1.54) is 6.92 Å². The van der Waals surface area contributed by atoms with Gasteiger partial charge in [-0.25, -0.2) is 0 Å². The number of aliphatic hydroxyl groups excluding tert-OH is 1. The summed E-state index contributed by atoms with van der Waals surface area (Å²) in [4.78, 5) is 13.3. The highest BCUT2D eigenvalue weighted by Crippen LogP contribution is 2.28. The van der Waals surface area contributed by atoms with E-state index in [0.29, 0.717) is 13.0 Å². The normalized spacial score (nSPS) is 24.2. The number of allylic oxidation sites excluding steroid dienone is 1. The molecule has 1 aromatic rings. The lowest BCUT2D eigenvalue weighted by Gasteiger charge is -2.29. The first-order valence-corrected chi connectivity index (χ1v) is 7.32. The largest absolute Gasteiger partial charge is 0.497 e. The molecule has 3 atom stereocenters. The number of β-amino-alcohol motifs (C(OH)–C–C–N with tert-alkyl or cyclic N) is 1. The van der Waals surface area contributed by atoms with Crippen molar-refractivity contribution in [3.8, 4) is 5.75 Å². The summed E-state index contributed by atoms with van der Waals surface area (Å²) in [6.07, 6.45) is -0.591. The third-order valence-corrected chi connectivity index (χ3v) is 3.94. The van der Waals surface area contributed by atoms with Gasteiger partial charge in [0.1, 0.15) is 18.0 Å². The zero-order valence-corrected chi connectivity index (χ0v) is 13.3. The van der Waals surface area contributed by atoms with E-state index in [1.807, 2.05) is 36.1 Å². The molecular formula is C17H23NO4. The Bertz CT molecular complexity index is 540. The third-order valence-electron chi connectivity index (χ3n) is 3.94. The van der Waals surface area contributed by atoms with Gasteiger partial charge in [-0.1, -0.05) is 18.7 Å². The van der Waals surface area contributed by atoms with Gasteiger partial charge in [-0.3, -0.25) is 4.79 Å². The van der Waals surface area contributed by atoms with Crippen LogP contribution >= 0.6 is 0 Å². The molecule has 120 valence electrons. The Hall–Kier alpha value is -2.01. The average molecular weight is 305 g/mol. The lowest BCUT2D eigenvalue weighted by molar-refractivity contribution is -0.151. The fraction of sp³-hybridized carbons (Fsp3) is 0.471. The van der Waals surface area contributed by atoms with Crippen molar-refractivity contribution < 1.29 is 19.4 Å². The highest BCUT2D eigenvalue weighted by atomic mass is 16.6. The molecule has 1 fully saturated rings. The second-order valence-electron chi connectivity index (χ2n) is 5.65. The Morgan fingerprint density at radius 1 is 1.36 bits per heavy atom. The van der Waals surface area contributed by atoms with Crippen molar-refractivity contribution in [2.75, 3.05) is 13.7 Å². The molecule has 1 N–H and O–H groups in total. The SMILES string of the molecule is C=C(C)N1C[C@H](O)[C@@H](OC(C)=O)[C@H]1Cc1ccc(OC)cc1. The van der Waals surface area contributed by atoms with Crippen LogP contribution in [0, 0.1) is 0 Å². The number of esters is 1. The van der Waals surface area contributed by atoms with Gasteiger partial charge in [-0.05, 0) is 31.0 Å². The molecule has 5 heteroatoms. The van der Waals surface area contributed by atoms with Crippen LogP contribution in [0.2, 0.25) is 0 Å². The summed E-state index contributed by atoms with van der Waals surface area (Å²) in [5.41, 5.74) is 1.94. The molecule has 0 spiro atoms. The summed E-state index contributed by atoms with van der Waals surface area (Å²) in [6, 6.07) is 7.62. The first-order chi connectivity index (χ1) is 10.4. The van der Waals surface area contributed by atoms with Crippen LogP contribution in [-0.4, -0.2) is 47.9 Å². The number of likely N-dealkylation sites (tertiary alicyclic amines) is 1. The highest BCUT2D eigenvalue weighted by molar-refractivity contribution is 5.66. The molecule has 1 heterocycles. The van der Waals surface area contributed by atoms with Crippen LogP contribution in [0.25, 0.3) is 0 Å². The smallest absolute Gasteiger partial charge is 0.303 e. The molecule has 0 aliphatic carbocycles. The number of benzene rings is 1. The molecule has 0 aromatic heterocycles. The molecule has 22 heavy (non-hydrogen) atoms. The summed E-state index contributed by atoms with van der Waals surface area (Å²) in [6.45, 7) is 7.64. The topological polar surface area (TPSA) is 59.0 Å². The second kappa shape index (κ2) is 6.83. The first kappa shape index (κ1) is 16.4. The van der Waals surface area contributed by atoms with Gasteiger partial charge in [0.15, 0.2) is 0 Å². The number of hydrogen-bond donors (Lipinski definition) is 1. The fourth-order valence-electron chi connectivity index (χ4n) is 2.89. The average Bonchev–Trinajstić information content (AvgIpc) is 2.77. The van der Waals surface area contributed by atoms with Crippen molar-refractivity contribution in [3.63, 3.8) is 0 Å². The van der Waals surface area contributed by atoms with Crippen LogP contribution in [0.1, 0.15) is 19.4 Å². The standard InChI is InChI=1S/C17H23NO4/c1-11(2)18-10-16(20)17(22-12(3)19)15(18)9-13-5-7-14(21-4)8-6-13/h5-8,15-17,20H,1,9-10H2,2-4H3/t15-,16+,17+/m1/s1. The molecular weight excluding hydrogens is 282 g/mol. The maximum Gasteiger partial charge on any atom is 0.303 e. The van der Waals surface area contributed by atoms with E-state index in [2.05, 4.69) is 6.58 Å². The Labute approximate surface area is 131 Å². The molecule has 0 bridgehead atoms. The summed E-state index contributed by atoms with van der Waals surface area (Å²) in [7, 11) is 1.63. The lowest BCUT2D eigenvalue weighted by atomic mass is 10.0. The fourth-order valence-corrected chi connectivity index (χ4v) is 2.89. The van der Waals surface area contributed by atoms with Gasteiger partial charge in [-0.2, -0.15) is 0 Å². The molecule has 1 aliphatic rings. The van der Waals surface area contributed by atoms with E-state index >= 15 is 0 Å². The van der Waals surface area contributed by atoms with Crippen LogP contribution in [0.5, 0.6) is 5.75 Å². The second-order valence-corrected chi connectivity index (χ2v) is 5.65. The summed E-state index contributed by atoms with van der Waals surface area (Å²) in [5, 5.41) is 10.2. The van der Waals surface area contributed by atoms with Gasteiger partial charge in [0.05, 0.1) is 13.2 Å². The van der Waals surface area contributed by atoms with E-state index in [1.54, 1.807) is 7.11 Å². The molecule has 2 rings (SSSR count). The van der Waals surface area contributed by atoms with Gasteiger partial charge in [0.25, 0.3) is 0 Å². The quantitative estimate of drug-likeness (QED) is 0.840. The number of ether oxygens (including phenoxy) is 2. The van der Waals surface area contributed by atoms with Gasteiger partial charge < -0.3 is 19.5 Å². The Balaban J connectivity index is 2.20. The summed E-state index contributed by atoms with van der Waals surface area (Å²) in [5.74, 6) is 0.413. The minimum atomic E-state index is -0.705. The van der Waals surface area contributed by atoms with Crippen molar-refractivity contribution in [3.05, 3.63) is 42.1 Å². The Kier molecular flexibility index (Phi) is 5.08. The van der Waals surface area contributed by atoms with Crippen molar-refractivity contribution in [2.24, 2.45) is 0 Å². The molecule has 1 saturated heterocycles. The predicted molar refractivity (Wildman–Crippen MR) is 83.6 cm³/mol. The lowest BCUT2D eigenvalue weighted by Crippen LogP contribution is -2.39. The van der Waals surface area contributed by atoms with E-state index in [-0.39, 0.29) is 12.0 Å². The Morgan fingerprint density at radius 3 is 2.50 bits per heavy atom. The van der Waals surface area contributed by atoms with Crippen LogP contribution in [-0.2, 0) is 16.0 Å². The number of rotatable bonds is 5. The van der Waals surface area contributed by atoms with Crippen molar-refractivity contribution >= 4 is 5.97 Å². The zero-order chi connectivity index (χ0) is 16.3. The minimum absolute atomic E-state index is 0.121. The predicted octanol–water partition coefficient (Wildman–Crippen LogP) is 1.75. The maximum atomic E-state index is 11.3. The van der Waals surface area contributed by atoms with Crippen molar-refractivity contribution in [1.82, 2.24) is 4.90 Å². The molecule has 0 saturated carbocycles. The first-order valence-electron chi connectivity index (χ1n) is 7.32.